The number of nitrogen functional groups attached to an aromatic ring is 1. The number of hydrogen-bond donors (Lipinski definition) is 2. The smallest absolute Gasteiger partial charge is 0.0956 e. The van der Waals surface area contributed by atoms with E-state index in [0.717, 1.165) is 44.0 Å². The lowest BCUT2D eigenvalue weighted by Crippen LogP contribution is -2.50. The van der Waals surface area contributed by atoms with E-state index in [1.165, 1.54) is 15.6 Å². The molecule has 4 rings (SSSR count). The highest BCUT2D eigenvalue weighted by molar-refractivity contribution is 7.17. The first-order chi connectivity index (χ1) is 13.1. The Balaban J connectivity index is 1.36. The van der Waals surface area contributed by atoms with Gasteiger partial charge in [0.05, 0.1) is 6.10 Å². The maximum absolute atomic E-state index is 11.0. The highest BCUT2D eigenvalue weighted by Crippen LogP contribution is 2.33. The summed E-state index contributed by atoms with van der Waals surface area (Å²) in [7, 11) is 0. The Morgan fingerprint density at radius 2 is 1.74 bits per heavy atom. The molecule has 2 atom stereocenters. The van der Waals surface area contributed by atoms with Gasteiger partial charge in [0.2, 0.25) is 0 Å². The second-order valence-corrected chi connectivity index (χ2v) is 8.34. The van der Waals surface area contributed by atoms with Crippen molar-refractivity contribution in [2.24, 2.45) is 0 Å². The summed E-state index contributed by atoms with van der Waals surface area (Å²) < 4.78 is 1.24. The van der Waals surface area contributed by atoms with Crippen LogP contribution in [0.15, 0.2) is 53.9 Å². The van der Waals surface area contributed by atoms with Gasteiger partial charge in [-0.1, -0.05) is 30.3 Å². The third-order valence-corrected chi connectivity index (χ3v) is 6.64. The van der Waals surface area contributed by atoms with Gasteiger partial charge in [-0.15, -0.1) is 11.3 Å². The van der Waals surface area contributed by atoms with Crippen LogP contribution in [0.3, 0.4) is 0 Å². The first-order valence-corrected chi connectivity index (χ1v) is 10.4. The monoisotopic (exact) mass is 381 g/mol. The Bertz CT molecular complexity index is 884. The van der Waals surface area contributed by atoms with E-state index in [-0.39, 0.29) is 6.04 Å². The van der Waals surface area contributed by atoms with Gasteiger partial charge in [-0.3, -0.25) is 9.80 Å². The molecule has 3 aromatic rings. The van der Waals surface area contributed by atoms with E-state index in [1.807, 2.05) is 18.2 Å². The largest absolute Gasteiger partial charge is 0.399 e. The van der Waals surface area contributed by atoms with Gasteiger partial charge in [-0.05, 0) is 41.5 Å². The lowest BCUT2D eigenvalue weighted by atomic mass is 10.0. The molecule has 1 aliphatic rings. The predicted octanol–water partition coefficient (Wildman–Crippen LogP) is 3.72. The van der Waals surface area contributed by atoms with Crippen LogP contribution in [-0.4, -0.2) is 47.1 Å². The normalized spacial score (nSPS) is 18.6. The molecule has 0 spiro atoms. The van der Waals surface area contributed by atoms with Crippen molar-refractivity contribution in [1.29, 1.82) is 0 Å². The zero-order valence-electron chi connectivity index (χ0n) is 15.7. The number of anilines is 1. The summed E-state index contributed by atoms with van der Waals surface area (Å²) in [5.41, 5.74) is 8.95. The molecule has 2 heterocycles. The van der Waals surface area contributed by atoms with Gasteiger partial charge in [0.1, 0.15) is 0 Å². The highest BCUT2D eigenvalue weighted by atomic mass is 32.1. The number of piperazine rings is 1. The lowest BCUT2D eigenvalue weighted by molar-refractivity contribution is 0.0253. The molecule has 1 fully saturated rings. The molecule has 3 N–H and O–H groups in total. The molecule has 1 aromatic heterocycles. The van der Waals surface area contributed by atoms with E-state index in [2.05, 4.69) is 52.4 Å². The molecule has 1 saturated heterocycles. The molecule has 4 nitrogen and oxygen atoms in total. The van der Waals surface area contributed by atoms with Gasteiger partial charge < -0.3 is 10.8 Å². The summed E-state index contributed by atoms with van der Waals surface area (Å²) in [6.45, 7) is 7.11. The Labute approximate surface area is 164 Å². The molecule has 0 amide bonds. The van der Waals surface area contributed by atoms with Crippen LogP contribution in [0.25, 0.3) is 10.1 Å². The number of aliphatic hydroxyl groups excluding tert-OH is 1. The van der Waals surface area contributed by atoms with Crippen molar-refractivity contribution in [3.05, 3.63) is 65.0 Å². The second kappa shape index (κ2) is 7.98. The van der Waals surface area contributed by atoms with Crippen LogP contribution in [-0.2, 0) is 6.54 Å². The van der Waals surface area contributed by atoms with E-state index < -0.39 is 6.10 Å². The zero-order valence-corrected chi connectivity index (χ0v) is 16.5. The fourth-order valence-electron chi connectivity index (χ4n) is 3.90. The second-order valence-electron chi connectivity index (χ2n) is 7.43. The molecule has 1 aliphatic heterocycles. The fourth-order valence-corrected chi connectivity index (χ4v) is 4.89. The number of rotatable bonds is 5. The number of benzene rings is 2. The van der Waals surface area contributed by atoms with Crippen LogP contribution >= 0.6 is 11.3 Å². The lowest BCUT2D eigenvalue weighted by Gasteiger charge is -2.39. The molecular formula is C22H27N3OS. The van der Waals surface area contributed by atoms with E-state index in [0.29, 0.717) is 0 Å². The van der Waals surface area contributed by atoms with Crippen molar-refractivity contribution in [1.82, 2.24) is 9.80 Å². The SMILES string of the molecule is CC(C(O)c1csc2ccccc12)N1CCN(Cc2ccc(N)cc2)CC1. The third-order valence-electron chi connectivity index (χ3n) is 5.66. The van der Waals surface area contributed by atoms with Crippen LogP contribution in [0.4, 0.5) is 5.69 Å². The molecule has 0 saturated carbocycles. The number of aliphatic hydroxyl groups is 1. The molecule has 142 valence electrons. The molecule has 0 radical (unpaired) electrons. The summed E-state index contributed by atoms with van der Waals surface area (Å²) in [6, 6.07) is 16.6. The van der Waals surface area contributed by atoms with E-state index in [4.69, 9.17) is 5.73 Å². The van der Waals surface area contributed by atoms with Crippen LogP contribution in [0.5, 0.6) is 0 Å². The number of nitrogens with two attached hydrogens (primary N) is 1. The van der Waals surface area contributed by atoms with Crippen LogP contribution < -0.4 is 5.73 Å². The van der Waals surface area contributed by atoms with Gasteiger partial charge in [0.15, 0.2) is 0 Å². The van der Waals surface area contributed by atoms with Crippen molar-refractivity contribution in [2.75, 3.05) is 31.9 Å². The number of fused-ring (bicyclic) bond motifs is 1. The fraction of sp³-hybridized carbons (Fsp3) is 0.364. The van der Waals surface area contributed by atoms with Gasteiger partial charge in [-0.25, -0.2) is 0 Å². The Kier molecular flexibility index (Phi) is 5.45. The minimum absolute atomic E-state index is 0.113. The summed E-state index contributed by atoms with van der Waals surface area (Å²) in [5.74, 6) is 0. The Morgan fingerprint density at radius 1 is 1.04 bits per heavy atom. The molecule has 0 bridgehead atoms. The van der Waals surface area contributed by atoms with Gasteiger partial charge in [-0.2, -0.15) is 0 Å². The number of hydrogen-bond acceptors (Lipinski definition) is 5. The van der Waals surface area contributed by atoms with Crippen molar-refractivity contribution < 1.29 is 5.11 Å². The Morgan fingerprint density at radius 3 is 2.48 bits per heavy atom. The first kappa shape index (κ1) is 18.4. The average Bonchev–Trinajstić information content (AvgIpc) is 3.13. The third kappa shape index (κ3) is 4.01. The average molecular weight is 382 g/mol. The van der Waals surface area contributed by atoms with Crippen molar-refractivity contribution in [3.63, 3.8) is 0 Å². The molecule has 5 heteroatoms. The van der Waals surface area contributed by atoms with E-state index >= 15 is 0 Å². The highest BCUT2D eigenvalue weighted by Gasteiger charge is 2.28. The molecule has 27 heavy (non-hydrogen) atoms. The van der Waals surface area contributed by atoms with Crippen molar-refractivity contribution in [2.45, 2.75) is 25.6 Å². The number of nitrogens with zero attached hydrogens (tertiary/aromatic N) is 2. The summed E-state index contributed by atoms with van der Waals surface area (Å²) in [5, 5.41) is 14.3. The summed E-state index contributed by atoms with van der Waals surface area (Å²) >= 11 is 1.71. The first-order valence-electron chi connectivity index (χ1n) is 9.57. The molecule has 0 aliphatic carbocycles. The van der Waals surface area contributed by atoms with Crippen LogP contribution in [0.2, 0.25) is 0 Å². The maximum atomic E-state index is 11.0. The standard InChI is InChI=1S/C22H27N3OS/c1-16(22(26)20-15-27-21-5-3-2-4-19(20)21)25-12-10-24(11-13-25)14-17-6-8-18(23)9-7-17/h2-9,15-16,22,26H,10-14,23H2,1H3. The summed E-state index contributed by atoms with van der Waals surface area (Å²) in [4.78, 5) is 4.89. The number of thiophene rings is 1. The zero-order chi connectivity index (χ0) is 18.8. The van der Waals surface area contributed by atoms with Crippen molar-refractivity contribution in [3.8, 4) is 0 Å². The quantitative estimate of drug-likeness (QED) is 0.662. The molecule has 2 unspecified atom stereocenters. The predicted molar refractivity (Wildman–Crippen MR) is 114 cm³/mol. The molecule has 2 aromatic carbocycles. The topological polar surface area (TPSA) is 52.7 Å². The van der Waals surface area contributed by atoms with Crippen molar-refractivity contribution >= 4 is 27.1 Å². The van der Waals surface area contributed by atoms with Gasteiger partial charge in [0, 0.05) is 54.7 Å². The van der Waals surface area contributed by atoms with Gasteiger partial charge >= 0.3 is 0 Å². The minimum Gasteiger partial charge on any atom is -0.399 e. The van der Waals surface area contributed by atoms with E-state index in [9.17, 15) is 5.11 Å². The van der Waals surface area contributed by atoms with Gasteiger partial charge in [0.25, 0.3) is 0 Å². The molecular weight excluding hydrogens is 354 g/mol. The summed E-state index contributed by atoms with van der Waals surface area (Å²) in [6.07, 6.45) is -0.454. The minimum atomic E-state index is -0.454. The van der Waals surface area contributed by atoms with E-state index in [1.54, 1.807) is 11.3 Å². The maximum Gasteiger partial charge on any atom is 0.0956 e. The van der Waals surface area contributed by atoms with Crippen LogP contribution in [0, 0.1) is 0 Å². The van der Waals surface area contributed by atoms with Crippen LogP contribution in [0.1, 0.15) is 24.2 Å². The Hall–Kier alpha value is -1.92.